The summed E-state index contributed by atoms with van der Waals surface area (Å²) in [6.45, 7) is 5.24. The number of rotatable bonds is 18. The molecule has 1 aliphatic rings. The zero-order valence-electron chi connectivity index (χ0n) is 17.6. The monoisotopic (exact) mass is 370 g/mol. The maximum absolute atomic E-state index is 10.2. The lowest BCUT2D eigenvalue weighted by atomic mass is 9.82. The smallest absolute Gasteiger partial charge is 0.0540 e. The van der Waals surface area contributed by atoms with E-state index in [1.807, 2.05) is 0 Å². The lowest BCUT2D eigenvalue weighted by Crippen LogP contribution is -2.12. The molecule has 0 aliphatic heterocycles. The summed E-state index contributed by atoms with van der Waals surface area (Å²) < 4.78 is 0. The molecule has 0 heterocycles. The van der Waals surface area contributed by atoms with Gasteiger partial charge in [0, 0.05) is 13.2 Å². The quantitative estimate of drug-likeness (QED) is 0.275. The summed E-state index contributed by atoms with van der Waals surface area (Å²) >= 11 is 0. The van der Waals surface area contributed by atoms with Crippen molar-refractivity contribution in [3.63, 3.8) is 0 Å². The third-order valence-corrected chi connectivity index (χ3v) is 6.47. The van der Waals surface area contributed by atoms with Gasteiger partial charge in [-0.25, -0.2) is 0 Å². The first-order chi connectivity index (χ1) is 12.4. The van der Waals surface area contributed by atoms with E-state index in [0.717, 1.165) is 44.9 Å². The summed E-state index contributed by atoms with van der Waals surface area (Å²) in [6.07, 6.45) is 18.6. The maximum Gasteiger partial charge on any atom is 0.0540 e. The van der Waals surface area contributed by atoms with Gasteiger partial charge in [0.15, 0.2) is 0 Å². The standard InChI is InChI=1S/C23H46O3/c1-22(2,14-9-19-24)13-7-3-5-11-21(26)12-6-4-8-15-23(17-18-23)16-10-20-25/h21,24-26H,3-20H2,1-2H3. The molecule has 3 nitrogen and oxygen atoms in total. The Morgan fingerprint density at radius 1 is 0.731 bits per heavy atom. The Morgan fingerprint density at radius 3 is 1.85 bits per heavy atom. The molecular formula is C23H46O3. The Hall–Kier alpha value is -0.120. The Morgan fingerprint density at radius 2 is 1.27 bits per heavy atom. The highest BCUT2D eigenvalue weighted by Gasteiger charge is 2.40. The first-order valence-electron chi connectivity index (χ1n) is 11.3. The summed E-state index contributed by atoms with van der Waals surface area (Å²) in [5, 5.41) is 28.1. The van der Waals surface area contributed by atoms with Crippen LogP contribution in [0.15, 0.2) is 0 Å². The minimum absolute atomic E-state index is 0.110. The zero-order chi connectivity index (χ0) is 19.3. The third kappa shape index (κ3) is 11.6. The molecule has 0 spiro atoms. The molecule has 0 aromatic carbocycles. The molecule has 1 unspecified atom stereocenters. The molecule has 1 rings (SSSR count). The van der Waals surface area contributed by atoms with Gasteiger partial charge in [-0.2, -0.15) is 0 Å². The molecule has 0 aromatic rings. The second kappa shape index (κ2) is 13.1. The van der Waals surface area contributed by atoms with Crippen LogP contribution in [-0.2, 0) is 0 Å². The fourth-order valence-electron chi connectivity index (χ4n) is 4.30. The van der Waals surface area contributed by atoms with E-state index in [2.05, 4.69) is 13.8 Å². The molecule has 1 fully saturated rings. The molecule has 0 saturated heterocycles. The van der Waals surface area contributed by atoms with Gasteiger partial charge in [-0.15, -0.1) is 0 Å². The van der Waals surface area contributed by atoms with Crippen LogP contribution in [0.25, 0.3) is 0 Å². The number of hydrogen-bond donors (Lipinski definition) is 3. The molecule has 156 valence electrons. The van der Waals surface area contributed by atoms with Crippen LogP contribution in [0.1, 0.15) is 117 Å². The van der Waals surface area contributed by atoms with Crippen molar-refractivity contribution in [3.05, 3.63) is 0 Å². The fraction of sp³-hybridized carbons (Fsp3) is 1.00. The van der Waals surface area contributed by atoms with Gasteiger partial charge < -0.3 is 15.3 Å². The van der Waals surface area contributed by atoms with E-state index in [9.17, 15) is 5.11 Å². The van der Waals surface area contributed by atoms with Crippen molar-refractivity contribution in [3.8, 4) is 0 Å². The minimum Gasteiger partial charge on any atom is -0.396 e. The predicted molar refractivity (Wildman–Crippen MR) is 110 cm³/mol. The Labute approximate surface area is 162 Å². The van der Waals surface area contributed by atoms with Crippen LogP contribution in [-0.4, -0.2) is 34.6 Å². The molecular weight excluding hydrogens is 324 g/mol. The van der Waals surface area contributed by atoms with Crippen molar-refractivity contribution in [1.82, 2.24) is 0 Å². The van der Waals surface area contributed by atoms with Gasteiger partial charge >= 0.3 is 0 Å². The van der Waals surface area contributed by atoms with Gasteiger partial charge in [0.05, 0.1) is 6.10 Å². The van der Waals surface area contributed by atoms with E-state index >= 15 is 0 Å². The third-order valence-electron chi connectivity index (χ3n) is 6.47. The van der Waals surface area contributed by atoms with Crippen LogP contribution >= 0.6 is 0 Å². The normalized spacial score (nSPS) is 17.4. The highest BCUT2D eigenvalue weighted by atomic mass is 16.3. The molecule has 0 bridgehead atoms. The fourth-order valence-corrected chi connectivity index (χ4v) is 4.30. The second-order valence-corrected chi connectivity index (χ2v) is 9.67. The van der Waals surface area contributed by atoms with Crippen LogP contribution in [0.3, 0.4) is 0 Å². The number of hydrogen-bond acceptors (Lipinski definition) is 3. The molecule has 1 saturated carbocycles. The van der Waals surface area contributed by atoms with Gasteiger partial charge in [0.1, 0.15) is 0 Å². The van der Waals surface area contributed by atoms with E-state index in [1.54, 1.807) is 0 Å². The van der Waals surface area contributed by atoms with Gasteiger partial charge in [0.2, 0.25) is 0 Å². The summed E-state index contributed by atoms with van der Waals surface area (Å²) in [7, 11) is 0. The second-order valence-electron chi connectivity index (χ2n) is 9.67. The van der Waals surface area contributed by atoms with Gasteiger partial charge in [0.25, 0.3) is 0 Å². The van der Waals surface area contributed by atoms with Crippen LogP contribution < -0.4 is 0 Å². The number of aliphatic hydroxyl groups is 3. The Bertz CT molecular complexity index is 316. The van der Waals surface area contributed by atoms with Gasteiger partial charge in [-0.3, -0.25) is 0 Å². The van der Waals surface area contributed by atoms with Crippen LogP contribution in [0.2, 0.25) is 0 Å². The van der Waals surface area contributed by atoms with E-state index < -0.39 is 0 Å². The Kier molecular flexibility index (Phi) is 12.1. The van der Waals surface area contributed by atoms with Crippen molar-refractivity contribution in [2.75, 3.05) is 13.2 Å². The molecule has 1 aliphatic carbocycles. The summed E-state index contributed by atoms with van der Waals surface area (Å²) in [5.74, 6) is 0. The lowest BCUT2D eigenvalue weighted by molar-refractivity contribution is 0.146. The average Bonchev–Trinajstić information content (AvgIpc) is 3.38. The first-order valence-corrected chi connectivity index (χ1v) is 11.3. The van der Waals surface area contributed by atoms with Crippen molar-refractivity contribution >= 4 is 0 Å². The topological polar surface area (TPSA) is 60.7 Å². The zero-order valence-corrected chi connectivity index (χ0v) is 17.6. The largest absolute Gasteiger partial charge is 0.396 e. The number of aliphatic hydroxyl groups excluding tert-OH is 3. The van der Waals surface area contributed by atoms with Gasteiger partial charge in [-0.1, -0.05) is 52.4 Å². The van der Waals surface area contributed by atoms with Gasteiger partial charge in [-0.05, 0) is 75.0 Å². The molecule has 3 heteroatoms. The van der Waals surface area contributed by atoms with Crippen molar-refractivity contribution in [2.45, 2.75) is 123 Å². The van der Waals surface area contributed by atoms with Crippen molar-refractivity contribution < 1.29 is 15.3 Å². The van der Waals surface area contributed by atoms with E-state index in [4.69, 9.17) is 10.2 Å². The molecule has 3 N–H and O–H groups in total. The minimum atomic E-state index is -0.110. The highest BCUT2D eigenvalue weighted by molar-refractivity contribution is 4.92. The Balaban J connectivity index is 1.92. The SMILES string of the molecule is CC(C)(CCCO)CCCCCC(O)CCCCCC1(CCCO)CC1. The lowest BCUT2D eigenvalue weighted by Gasteiger charge is -2.24. The average molecular weight is 371 g/mol. The number of unbranched alkanes of at least 4 members (excludes halogenated alkanes) is 4. The molecule has 0 radical (unpaired) electrons. The van der Waals surface area contributed by atoms with E-state index in [-0.39, 0.29) is 6.10 Å². The van der Waals surface area contributed by atoms with Crippen LogP contribution in [0.4, 0.5) is 0 Å². The first kappa shape index (κ1) is 23.9. The molecule has 1 atom stereocenters. The molecule has 0 amide bonds. The van der Waals surface area contributed by atoms with Crippen LogP contribution in [0, 0.1) is 10.8 Å². The summed E-state index contributed by atoms with van der Waals surface area (Å²) in [4.78, 5) is 0. The predicted octanol–water partition coefficient (Wildman–Crippen LogP) is 5.60. The highest BCUT2D eigenvalue weighted by Crippen LogP contribution is 2.53. The van der Waals surface area contributed by atoms with Crippen molar-refractivity contribution in [2.24, 2.45) is 10.8 Å². The molecule has 26 heavy (non-hydrogen) atoms. The van der Waals surface area contributed by atoms with Crippen LogP contribution in [0.5, 0.6) is 0 Å². The van der Waals surface area contributed by atoms with Crippen molar-refractivity contribution in [1.29, 1.82) is 0 Å². The molecule has 0 aromatic heterocycles. The van der Waals surface area contributed by atoms with E-state index in [1.165, 1.54) is 57.8 Å². The van der Waals surface area contributed by atoms with E-state index in [0.29, 0.717) is 24.0 Å². The maximum atomic E-state index is 10.2. The summed E-state index contributed by atoms with van der Waals surface area (Å²) in [5.41, 5.74) is 0.934. The summed E-state index contributed by atoms with van der Waals surface area (Å²) in [6, 6.07) is 0.